The van der Waals surface area contributed by atoms with E-state index in [1.165, 1.54) is 0 Å². The van der Waals surface area contributed by atoms with Gasteiger partial charge in [0.05, 0.1) is 0 Å². The van der Waals surface area contributed by atoms with E-state index in [4.69, 9.17) is 0 Å². The molecule has 1 aromatic heterocycles. The molecular formula is C25H29N3O2. The normalized spacial score (nSPS) is 13.8. The summed E-state index contributed by atoms with van der Waals surface area (Å²) in [6.45, 7) is 3.44. The first kappa shape index (κ1) is 20.2. The number of carbonyl (C=O) groups excluding carboxylic acids is 2. The second-order valence-corrected chi connectivity index (χ2v) is 8.09. The van der Waals surface area contributed by atoms with Crippen LogP contribution in [0.1, 0.15) is 55.1 Å². The first-order valence-electron chi connectivity index (χ1n) is 10.9. The van der Waals surface area contributed by atoms with E-state index in [2.05, 4.69) is 22.1 Å². The van der Waals surface area contributed by atoms with Crippen molar-refractivity contribution in [2.45, 2.75) is 52.1 Å². The van der Waals surface area contributed by atoms with Crippen LogP contribution in [-0.2, 0) is 17.9 Å². The van der Waals surface area contributed by atoms with Crippen molar-refractivity contribution in [1.82, 2.24) is 9.88 Å². The number of carbonyl (C=O) groups is 2. The van der Waals surface area contributed by atoms with E-state index >= 15 is 0 Å². The van der Waals surface area contributed by atoms with E-state index in [9.17, 15) is 9.59 Å². The van der Waals surface area contributed by atoms with Crippen LogP contribution in [0.4, 0.5) is 5.69 Å². The van der Waals surface area contributed by atoms with Crippen LogP contribution in [0.3, 0.4) is 0 Å². The summed E-state index contributed by atoms with van der Waals surface area (Å²) in [7, 11) is 0. The summed E-state index contributed by atoms with van der Waals surface area (Å²) in [5.41, 5.74) is 3.55. The molecule has 4 rings (SSSR count). The van der Waals surface area contributed by atoms with Crippen molar-refractivity contribution < 1.29 is 9.59 Å². The summed E-state index contributed by atoms with van der Waals surface area (Å²) in [4.78, 5) is 25.3. The fourth-order valence-electron chi connectivity index (χ4n) is 3.88. The highest BCUT2D eigenvalue weighted by atomic mass is 16.2. The maximum Gasteiger partial charge on any atom is 0.268 e. The molecule has 156 valence electrons. The van der Waals surface area contributed by atoms with Crippen LogP contribution in [0.2, 0.25) is 0 Å². The smallest absolute Gasteiger partial charge is 0.268 e. The van der Waals surface area contributed by atoms with Gasteiger partial charge in [0.2, 0.25) is 5.91 Å². The van der Waals surface area contributed by atoms with E-state index in [1.807, 2.05) is 54.6 Å². The number of benzene rings is 2. The minimum absolute atomic E-state index is 0.0776. The summed E-state index contributed by atoms with van der Waals surface area (Å²) in [6, 6.07) is 17.8. The average Bonchev–Trinajstić information content (AvgIpc) is 3.07. The molecule has 0 saturated heterocycles. The van der Waals surface area contributed by atoms with Gasteiger partial charge in [-0.1, -0.05) is 50.1 Å². The van der Waals surface area contributed by atoms with Gasteiger partial charge in [-0.2, -0.15) is 0 Å². The molecule has 0 atom stereocenters. The van der Waals surface area contributed by atoms with Crippen LogP contribution in [-0.4, -0.2) is 16.4 Å². The van der Waals surface area contributed by atoms with Crippen molar-refractivity contribution in [3.8, 4) is 0 Å². The van der Waals surface area contributed by atoms with Gasteiger partial charge in [-0.15, -0.1) is 0 Å². The van der Waals surface area contributed by atoms with Gasteiger partial charge >= 0.3 is 0 Å². The second-order valence-electron chi connectivity index (χ2n) is 8.09. The molecule has 5 heteroatoms. The maximum atomic E-state index is 13.0. The predicted molar refractivity (Wildman–Crippen MR) is 120 cm³/mol. The number of fused-ring (bicyclic) bond motifs is 1. The number of unbranched alkanes of at least 4 members (excludes halogenated alkanes) is 1. The molecule has 0 unspecified atom stereocenters. The van der Waals surface area contributed by atoms with E-state index in [1.54, 1.807) is 0 Å². The van der Waals surface area contributed by atoms with Gasteiger partial charge in [0, 0.05) is 35.6 Å². The topological polar surface area (TPSA) is 63.1 Å². The molecule has 5 nitrogen and oxygen atoms in total. The Bertz CT molecular complexity index is 1040. The average molecular weight is 404 g/mol. The molecule has 3 aromatic rings. The van der Waals surface area contributed by atoms with Crippen LogP contribution in [0.15, 0.2) is 54.6 Å². The predicted octanol–water partition coefficient (Wildman–Crippen LogP) is 5.11. The molecular weight excluding hydrogens is 374 g/mol. The minimum atomic E-state index is -0.0776. The summed E-state index contributed by atoms with van der Waals surface area (Å²) < 4.78 is 2.09. The van der Waals surface area contributed by atoms with Crippen molar-refractivity contribution in [3.05, 3.63) is 65.9 Å². The first-order chi connectivity index (χ1) is 14.7. The number of aromatic nitrogens is 1. The molecule has 2 amide bonds. The van der Waals surface area contributed by atoms with Crippen LogP contribution >= 0.6 is 0 Å². The first-order valence-corrected chi connectivity index (χ1v) is 10.9. The highest BCUT2D eigenvalue weighted by molar-refractivity contribution is 6.01. The molecule has 2 N–H and O–H groups in total. The Labute approximate surface area is 177 Å². The number of hydrogen-bond donors (Lipinski definition) is 2. The molecule has 30 heavy (non-hydrogen) atoms. The lowest BCUT2D eigenvalue weighted by Gasteiger charge is -2.24. The summed E-state index contributed by atoms with van der Waals surface area (Å²) in [6.07, 6.45) is 5.16. The van der Waals surface area contributed by atoms with Gasteiger partial charge in [-0.05, 0) is 49.1 Å². The number of nitrogens with zero attached hydrogens (tertiary/aromatic N) is 1. The van der Waals surface area contributed by atoms with E-state index < -0.39 is 0 Å². The molecule has 1 aliphatic carbocycles. The zero-order valence-corrected chi connectivity index (χ0v) is 17.5. The molecule has 0 aliphatic heterocycles. The summed E-state index contributed by atoms with van der Waals surface area (Å²) >= 11 is 0. The van der Waals surface area contributed by atoms with E-state index in [-0.39, 0.29) is 17.7 Å². The van der Waals surface area contributed by atoms with E-state index in [0.717, 1.165) is 60.8 Å². The standard InChI is InChI=1S/C25H29N3O2/c1-2-3-14-28-22-13-12-21(27-24(29)19-10-7-11-19)15-20(22)16-23(28)25(30)26-17-18-8-5-4-6-9-18/h4-6,8-9,12-13,15-16,19H,2-3,7,10-11,14,17H2,1H3,(H,26,30)(H,27,29). The number of hydrogen-bond acceptors (Lipinski definition) is 2. The summed E-state index contributed by atoms with van der Waals surface area (Å²) in [5, 5.41) is 7.05. The Morgan fingerprint density at radius 1 is 1.07 bits per heavy atom. The van der Waals surface area contributed by atoms with Gasteiger partial charge in [-0.3, -0.25) is 9.59 Å². The molecule has 0 radical (unpaired) electrons. The number of amides is 2. The van der Waals surface area contributed by atoms with Crippen molar-refractivity contribution >= 4 is 28.4 Å². The molecule has 1 fully saturated rings. The molecule has 1 saturated carbocycles. The van der Waals surface area contributed by atoms with Gasteiger partial charge in [0.1, 0.15) is 5.69 Å². The maximum absolute atomic E-state index is 13.0. The Morgan fingerprint density at radius 3 is 2.57 bits per heavy atom. The van der Waals surface area contributed by atoms with Crippen LogP contribution < -0.4 is 10.6 Å². The van der Waals surface area contributed by atoms with Crippen LogP contribution in [0, 0.1) is 5.92 Å². The van der Waals surface area contributed by atoms with Crippen LogP contribution in [0.5, 0.6) is 0 Å². The Morgan fingerprint density at radius 2 is 1.87 bits per heavy atom. The molecule has 1 aliphatic rings. The summed E-state index contributed by atoms with van der Waals surface area (Å²) in [5.74, 6) is 0.173. The van der Waals surface area contributed by atoms with Gasteiger partial charge in [-0.25, -0.2) is 0 Å². The molecule has 2 aromatic carbocycles. The molecule has 0 bridgehead atoms. The zero-order chi connectivity index (χ0) is 20.9. The van der Waals surface area contributed by atoms with Gasteiger partial charge < -0.3 is 15.2 Å². The van der Waals surface area contributed by atoms with Crippen molar-refractivity contribution in [1.29, 1.82) is 0 Å². The largest absolute Gasteiger partial charge is 0.347 e. The van der Waals surface area contributed by atoms with Gasteiger partial charge in [0.25, 0.3) is 5.91 Å². The lowest BCUT2D eigenvalue weighted by Crippen LogP contribution is -2.27. The lowest BCUT2D eigenvalue weighted by molar-refractivity contribution is -0.122. The monoisotopic (exact) mass is 403 g/mol. The fourth-order valence-corrected chi connectivity index (χ4v) is 3.88. The number of anilines is 1. The molecule has 1 heterocycles. The van der Waals surface area contributed by atoms with Crippen molar-refractivity contribution in [2.24, 2.45) is 5.92 Å². The Hall–Kier alpha value is -3.08. The second kappa shape index (κ2) is 9.16. The molecule has 0 spiro atoms. The van der Waals surface area contributed by atoms with Gasteiger partial charge in [0.15, 0.2) is 0 Å². The SMILES string of the molecule is CCCCn1c(C(=O)NCc2ccccc2)cc2cc(NC(=O)C3CCC3)ccc21. The highest BCUT2D eigenvalue weighted by Gasteiger charge is 2.25. The zero-order valence-electron chi connectivity index (χ0n) is 17.5. The van der Waals surface area contributed by atoms with Crippen molar-refractivity contribution in [3.63, 3.8) is 0 Å². The third kappa shape index (κ3) is 4.40. The Balaban J connectivity index is 1.56. The lowest BCUT2D eigenvalue weighted by atomic mass is 9.85. The quantitative estimate of drug-likeness (QED) is 0.549. The minimum Gasteiger partial charge on any atom is -0.347 e. The number of aryl methyl sites for hydroxylation is 1. The number of nitrogens with one attached hydrogen (secondary N) is 2. The van der Waals surface area contributed by atoms with Crippen molar-refractivity contribution in [2.75, 3.05) is 5.32 Å². The third-order valence-electron chi connectivity index (χ3n) is 5.91. The van der Waals surface area contributed by atoms with Crippen LogP contribution in [0.25, 0.3) is 10.9 Å². The Kier molecular flexibility index (Phi) is 6.17. The fraction of sp³-hybridized carbons (Fsp3) is 0.360. The number of rotatable bonds is 8. The van der Waals surface area contributed by atoms with E-state index in [0.29, 0.717) is 12.2 Å². The highest BCUT2D eigenvalue weighted by Crippen LogP contribution is 2.29. The third-order valence-corrected chi connectivity index (χ3v) is 5.91.